The first-order valence-electron chi connectivity index (χ1n) is 7.22. The lowest BCUT2D eigenvalue weighted by molar-refractivity contribution is -0.120. The summed E-state index contributed by atoms with van der Waals surface area (Å²) in [5, 5.41) is 7.83. The predicted molar refractivity (Wildman–Crippen MR) is 102 cm³/mol. The van der Waals surface area contributed by atoms with Crippen LogP contribution in [0.15, 0.2) is 45.6 Å². The highest BCUT2D eigenvalue weighted by Gasteiger charge is 2.10. The Balaban J connectivity index is 1.54. The molecule has 0 aliphatic rings. The molecule has 0 saturated carbocycles. The normalized spacial score (nSPS) is 10.6. The lowest BCUT2D eigenvalue weighted by Crippen LogP contribution is -2.24. The van der Waals surface area contributed by atoms with Crippen LogP contribution in [-0.2, 0) is 17.8 Å². The van der Waals surface area contributed by atoms with Crippen molar-refractivity contribution in [2.45, 2.75) is 13.0 Å². The quantitative estimate of drug-likeness (QED) is 0.635. The fraction of sp³-hybridized carbons (Fsp3) is 0.176. The van der Waals surface area contributed by atoms with E-state index >= 15 is 0 Å². The highest BCUT2D eigenvalue weighted by atomic mass is 79.9. The van der Waals surface area contributed by atoms with Gasteiger partial charge in [-0.2, -0.15) is 0 Å². The van der Waals surface area contributed by atoms with Gasteiger partial charge in [0.1, 0.15) is 10.8 Å². The minimum absolute atomic E-state index is 0.0324. The summed E-state index contributed by atoms with van der Waals surface area (Å²) in [6, 6.07) is 9.68. The Morgan fingerprint density at radius 3 is 2.71 bits per heavy atom. The second-order valence-corrected chi connectivity index (χ2v) is 7.76. The van der Waals surface area contributed by atoms with Gasteiger partial charge in [0.05, 0.1) is 24.1 Å². The van der Waals surface area contributed by atoms with Gasteiger partial charge in [-0.05, 0) is 39.7 Å². The van der Waals surface area contributed by atoms with Gasteiger partial charge in [-0.25, -0.2) is 4.98 Å². The molecule has 2 aromatic heterocycles. The molecular weight excluding hydrogens is 408 g/mol. The van der Waals surface area contributed by atoms with E-state index in [1.54, 1.807) is 29.8 Å². The number of thiazole rings is 1. The van der Waals surface area contributed by atoms with E-state index in [1.165, 1.54) is 0 Å². The van der Waals surface area contributed by atoms with Crippen molar-refractivity contribution in [3.05, 3.63) is 56.8 Å². The molecule has 3 aromatic rings. The number of hydrogen-bond donors (Lipinski definition) is 1. The van der Waals surface area contributed by atoms with E-state index in [1.807, 2.05) is 41.1 Å². The number of carbonyl (C=O) groups is 1. The number of nitrogens with zero attached hydrogens (tertiary/aromatic N) is 1. The minimum atomic E-state index is -0.0324. The van der Waals surface area contributed by atoms with Crippen LogP contribution in [0, 0.1) is 0 Å². The second-order valence-electron chi connectivity index (χ2n) is 5.07. The van der Waals surface area contributed by atoms with Gasteiger partial charge in [-0.3, -0.25) is 4.79 Å². The largest absolute Gasteiger partial charge is 0.497 e. The number of thiophene rings is 1. The van der Waals surface area contributed by atoms with E-state index < -0.39 is 0 Å². The van der Waals surface area contributed by atoms with Crippen molar-refractivity contribution in [1.82, 2.24) is 10.3 Å². The summed E-state index contributed by atoms with van der Waals surface area (Å²) in [4.78, 5) is 17.7. The molecule has 0 aliphatic heterocycles. The van der Waals surface area contributed by atoms with Gasteiger partial charge in [0.2, 0.25) is 5.91 Å². The maximum Gasteiger partial charge on any atom is 0.226 e. The number of hydrogen-bond acceptors (Lipinski definition) is 5. The van der Waals surface area contributed by atoms with Gasteiger partial charge in [0.15, 0.2) is 0 Å². The molecule has 0 bridgehead atoms. The van der Waals surface area contributed by atoms with E-state index in [4.69, 9.17) is 4.74 Å². The Hall–Kier alpha value is -1.70. The van der Waals surface area contributed by atoms with Gasteiger partial charge in [-0.15, -0.1) is 22.7 Å². The van der Waals surface area contributed by atoms with Crippen molar-refractivity contribution in [3.8, 4) is 15.6 Å². The molecular formula is C17H15BrN2O2S2. The van der Waals surface area contributed by atoms with Gasteiger partial charge < -0.3 is 10.1 Å². The van der Waals surface area contributed by atoms with Crippen molar-refractivity contribution >= 4 is 44.5 Å². The number of methoxy groups -OCH3 is 1. The molecule has 1 N–H and O–H groups in total. The Labute approximate surface area is 156 Å². The first-order chi connectivity index (χ1) is 11.6. The van der Waals surface area contributed by atoms with Crippen LogP contribution in [0.25, 0.3) is 9.88 Å². The molecule has 0 radical (unpaired) electrons. The molecule has 0 atom stereocenters. The first kappa shape index (κ1) is 17.1. The highest BCUT2D eigenvalue weighted by molar-refractivity contribution is 9.10. The second kappa shape index (κ2) is 7.92. The maximum atomic E-state index is 12.1. The standard InChI is InChI=1S/C17H15BrN2O2S2/c1-22-14-4-2-11(3-5-14)8-19-16(21)7-13-10-24-17(20-13)15-6-12(18)9-23-15/h2-6,9-10H,7-8H2,1H3,(H,19,21). The van der Waals surface area contributed by atoms with Crippen LogP contribution in [0.5, 0.6) is 5.75 Å². The number of halogens is 1. The zero-order chi connectivity index (χ0) is 16.9. The summed E-state index contributed by atoms with van der Waals surface area (Å²) < 4.78 is 6.17. The number of nitrogens with one attached hydrogen (secondary N) is 1. The molecule has 3 rings (SSSR count). The highest BCUT2D eigenvalue weighted by Crippen LogP contribution is 2.32. The van der Waals surface area contributed by atoms with Crippen LogP contribution in [0.2, 0.25) is 0 Å². The summed E-state index contributed by atoms with van der Waals surface area (Å²) in [5.41, 5.74) is 1.83. The third kappa shape index (κ3) is 4.43. The van der Waals surface area contributed by atoms with Crippen LogP contribution >= 0.6 is 38.6 Å². The summed E-state index contributed by atoms with van der Waals surface area (Å²) in [6.07, 6.45) is 0.291. The van der Waals surface area contributed by atoms with Crippen LogP contribution in [0.1, 0.15) is 11.3 Å². The smallest absolute Gasteiger partial charge is 0.226 e. The Morgan fingerprint density at radius 2 is 2.04 bits per heavy atom. The molecule has 0 spiro atoms. The van der Waals surface area contributed by atoms with Crippen LogP contribution in [0.3, 0.4) is 0 Å². The molecule has 4 nitrogen and oxygen atoms in total. The zero-order valence-corrected chi connectivity index (χ0v) is 16.1. The average molecular weight is 423 g/mol. The molecule has 0 saturated heterocycles. The number of amides is 1. The Bertz CT molecular complexity index is 827. The monoisotopic (exact) mass is 422 g/mol. The van der Waals surface area contributed by atoms with Crippen molar-refractivity contribution in [1.29, 1.82) is 0 Å². The molecule has 1 aromatic carbocycles. The molecule has 0 unspecified atom stereocenters. The van der Waals surface area contributed by atoms with Gasteiger partial charge in [-0.1, -0.05) is 12.1 Å². The summed E-state index contributed by atoms with van der Waals surface area (Å²) >= 11 is 6.64. The van der Waals surface area contributed by atoms with Crippen LogP contribution < -0.4 is 10.1 Å². The summed E-state index contributed by atoms with van der Waals surface area (Å²) in [5.74, 6) is 0.773. The molecule has 0 fully saturated rings. The SMILES string of the molecule is COc1ccc(CNC(=O)Cc2csc(-c3cc(Br)cs3)n2)cc1. The van der Waals surface area contributed by atoms with E-state index in [-0.39, 0.29) is 5.91 Å². The lowest BCUT2D eigenvalue weighted by Gasteiger charge is -2.05. The molecule has 24 heavy (non-hydrogen) atoms. The number of ether oxygens (including phenoxy) is 1. The number of aromatic nitrogens is 1. The maximum absolute atomic E-state index is 12.1. The molecule has 0 aliphatic carbocycles. The van der Waals surface area contributed by atoms with Crippen molar-refractivity contribution in [3.63, 3.8) is 0 Å². The van der Waals surface area contributed by atoms with Gasteiger partial charge in [0.25, 0.3) is 0 Å². The minimum Gasteiger partial charge on any atom is -0.497 e. The van der Waals surface area contributed by atoms with Crippen LogP contribution in [-0.4, -0.2) is 18.0 Å². The molecule has 7 heteroatoms. The van der Waals surface area contributed by atoms with Crippen LogP contribution in [0.4, 0.5) is 0 Å². The molecule has 124 valence electrons. The summed E-state index contributed by atoms with van der Waals surface area (Å²) in [7, 11) is 1.63. The number of rotatable bonds is 6. The third-order valence-corrected chi connectivity index (χ3v) is 6.07. The van der Waals surface area contributed by atoms with E-state index in [2.05, 4.69) is 26.2 Å². The third-order valence-electron chi connectivity index (χ3n) is 3.32. The fourth-order valence-electron chi connectivity index (χ4n) is 2.10. The van der Waals surface area contributed by atoms with Crippen molar-refractivity contribution < 1.29 is 9.53 Å². The lowest BCUT2D eigenvalue weighted by atomic mass is 10.2. The van der Waals surface area contributed by atoms with E-state index in [0.717, 1.165) is 31.4 Å². The van der Waals surface area contributed by atoms with Gasteiger partial charge >= 0.3 is 0 Å². The molecule has 1 amide bonds. The average Bonchev–Trinajstić information content (AvgIpc) is 3.22. The topological polar surface area (TPSA) is 51.2 Å². The fourth-order valence-corrected chi connectivity index (χ4v) is 4.42. The van der Waals surface area contributed by atoms with Crippen molar-refractivity contribution in [2.24, 2.45) is 0 Å². The number of benzene rings is 1. The van der Waals surface area contributed by atoms with Crippen molar-refractivity contribution in [2.75, 3.05) is 7.11 Å². The van der Waals surface area contributed by atoms with E-state index in [9.17, 15) is 4.79 Å². The summed E-state index contributed by atoms with van der Waals surface area (Å²) in [6.45, 7) is 0.498. The zero-order valence-electron chi connectivity index (χ0n) is 12.9. The predicted octanol–water partition coefficient (Wildman–Crippen LogP) is 4.50. The van der Waals surface area contributed by atoms with E-state index in [0.29, 0.717) is 13.0 Å². The number of carbonyl (C=O) groups excluding carboxylic acids is 1. The Morgan fingerprint density at radius 1 is 1.25 bits per heavy atom. The van der Waals surface area contributed by atoms with Gasteiger partial charge in [0, 0.05) is 21.8 Å². The molecule has 2 heterocycles. The first-order valence-corrected chi connectivity index (χ1v) is 9.77. The Kier molecular flexibility index (Phi) is 5.65.